The summed E-state index contributed by atoms with van der Waals surface area (Å²) in [6, 6.07) is 0. The lowest BCUT2D eigenvalue weighted by Crippen LogP contribution is -2.08. The molecular formula is C9H12IN. The second-order valence-electron chi connectivity index (χ2n) is 3.20. The van der Waals surface area contributed by atoms with E-state index < -0.39 is 0 Å². The van der Waals surface area contributed by atoms with Crippen molar-refractivity contribution in [2.75, 3.05) is 0 Å². The maximum Gasteiger partial charge on any atom is 0.0339 e. The molecule has 0 aromatic carbocycles. The average Bonchev–Trinajstić information content (AvgIpc) is 2.30. The molecule has 0 saturated carbocycles. The lowest BCUT2D eigenvalue weighted by molar-refractivity contribution is 0.531. The molecule has 0 unspecified atom stereocenters. The Labute approximate surface area is 80.9 Å². The number of aromatic nitrogens is 1. The number of hydrogen-bond acceptors (Lipinski definition) is 0. The number of hydrogen-bond donors (Lipinski definition) is 0. The molecule has 0 atom stereocenters. The number of aryl methyl sites for hydroxylation is 1. The quantitative estimate of drug-likeness (QED) is 0.633. The predicted octanol–water partition coefficient (Wildman–Crippen LogP) is 2.74. The minimum Gasteiger partial charge on any atom is -0.350 e. The number of nitrogens with zero attached hydrogens (tertiary/aromatic N) is 1. The molecule has 0 fully saturated rings. The van der Waals surface area contributed by atoms with Gasteiger partial charge < -0.3 is 4.57 Å². The van der Waals surface area contributed by atoms with Crippen molar-refractivity contribution >= 4 is 22.6 Å². The van der Waals surface area contributed by atoms with Gasteiger partial charge in [0.15, 0.2) is 0 Å². The van der Waals surface area contributed by atoms with E-state index in [2.05, 4.69) is 40.3 Å². The van der Waals surface area contributed by atoms with Crippen LogP contribution in [0.4, 0.5) is 0 Å². The van der Waals surface area contributed by atoms with E-state index in [9.17, 15) is 0 Å². The summed E-state index contributed by atoms with van der Waals surface area (Å²) in [4.78, 5) is 0. The van der Waals surface area contributed by atoms with Crippen LogP contribution in [-0.4, -0.2) is 4.57 Å². The highest BCUT2D eigenvalue weighted by Gasteiger charge is 2.13. The van der Waals surface area contributed by atoms with Crippen LogP contribution in [0.3, 0.4) is 0 Å². The van der Waals surface area contributed by atoms with Crippen molar-refractivity contribution in [2.45, 2.75) is 32.7 Å². The molecule has 1 aliphatic rings. The molecule has 0 N–H and O–H groups in total. The van der Waals surface area contributed by atoms with E-state index in [1.807, 2.05) is 0 Å². The average molecular weight is 261 g/mol. The molecule has 1 aliphatic heterocycles. The Morgan fingerprint density at radius 1 is 1.45 bits per heavy atom. The fourth-order valence-corrected chi connectivity index (χ4v) is 2.42. The van der Waals surface area contributed by atoms with Crippen LogP contribution in [0.15, 0.2) is 6.20 Å². The third-order valence-electron chi connectivity index (χ3n) is 2.47. The fourth-order valence-electron chi connectivity index (χ4n) is 1.77. The molecule has 0 radical (unpaired) electrons. The molecule has 60 valence electrons. The van der Waals surface area contributed by atoms with Crippen LogP contribution in [0.2, 0.25) is 0 Å². The van der Waals surface area contributed by atoms with Crippen molar-refractivity contribution in [3.63, 3.8) is 0 Å². The molecule has 0 saturated heterocycles. The molecule has 2 heteroatoms. The smallest absolute Gasteiger partial charge is 0.0339 e. The summed E-state index contributed by atoms with van der Waals surface area (Å²) in [6.45, 7) is 3.47. The Kier molecular flexibility index (Phi) is 1.95. The van der Waals surface area contributed by atoms with Gasteiger partial charge in [-0.2, -0.15) is 0 Å². The van der Waals surface area contributed by atoms with Crippen LogP contribution in [0, 0.1) is 10.5 Å². The SMILES string of the molecule is Cc1c(I)cn2c1CCCC2. The predicted molar refractivity (Wildman–Crippen MR) is 54.8 cm³/mol. The molecule has 0 spiro atoms. The molecule has 0 amide bonds. The molecule has 2 heterocycles. The lowest BCUT2D eigenvalue weighted by Gasteiger charge is -2.15. The second-order valence-corrected chi connectivity index (χ2v) is 4.36. The van der Waals surface area contributed by atoms with Crippen LogP contribution in [0.5, 0.6) is 0 Å². The first kappa shape index (κ1) is 7.65. The van der Waals surface area contributed by atoms with E-state index >= 15 is 0 Å². The van der Waals surface area contributed by atoms with Crippen LogP contribution >= 0.6 is 22.6 Å². The maximum absolute atomic E-state index is 2.42. The first-order valence-corrected chi connectivity index (χ1v) is 5.21. The zero-order valence-corrected chi connectivity index (χ0v) is 8.89. The van der Waals surface area contributed by atoms with E-state index in [1.54, 1.807) is 5.69 Å². The zero-order chi connectivity index (χ0) is 7.84. The minimum atomic E-state index is 1.24. The number of fused-ring (bicyclic) bond motifs is 1. The normalized spacial score (nSPS) is 16.5. The van der Waals surface area contributed by atoms with Gasteiger partial charge in [0.1, 0.15) is 0 Å². The van der Waals surface area contributed by atoms with Gasteiger partial charge in [0.2, 0.25) is 0 Å². The Bertz CT molecular complexity index is 275. The van der Waals surface area contributed by atoms with Gasteiger partial charge in [-0.25, -0.2) is 0 Å². The lowest BCUT2D eigenvalue weighted by atomic mass is 10.1. The Hall–Kier alpha value is 0.01000. The van der Waals surface area contributed by atoms with E-state index in [-0.39, 0.29) is 0 Å². The first-order chi connectivity index (χ1) is 5.29. The van der Waals surface area contributed by atoms with Gasteiger partial charge in [0, 0.05) is 22.0 Å². The summed E-state index contributed by atoms with van der Waals surface area (Å²) < 4.78 is 3.85. The van der Waals surface area contributed by atoms with Crippen molar-refractivity contribution in [2.24, 2.45) is 0 Å². The minimum absolute atomic E-state index is 1.24. The molecular weight excluding hydrogens is 249 g/mol. The molecule has 1 nitrogen and oxygen atoms in total. The Morgan fingerprint density at radius 3 is 3.00 bits per heavy atom. The topological polar surface area (TPSA) is 4.93 Å². The Balaban J connectivity index is 2.50. The summed E-state index contributed by atoms with van der Waals surface area (Å²) in [6.07, 6.45) is 6.30. The summed E-state index contributed by atoms with van der Waals surface area (Å²) in [7, 11) is 0. The molecule has 1 aromatic heterocycles. The van der Waals surface area contributed by atoms with Crippen molar-refractivity contribution in [3.8, 4) is 0 Å². The van der Waals surface area contributed by atoms with Crippen molar-refractivity contribution in [1.29, 1.82) is 0 Å². The summed E-state index contributed by atoms with van der Waals surface area (Å²) >= 11 is 2.42. The molecule has 2 rings (SSSR count). The Morgan fingerprint density at radius 2 is 2.27 bits per heavy atom. The standard InChI is InChI=1S/C9H12IN/c1-7-8(10)6-11-5-3-2-4-9(7)11/h6H,2-5H2,1H3. The van der Waals surface area contributed by atoms with Crippen LogP contribution in [0.25, 0.3) is 0 Å². The van der Waals surface area contributed by atoms with Crippen molar-refractivity contribution in [3.05, 3.63) is 21.0 Å². The molecule has 11 heavy (non-hydrogen) atoms. The van der Waals surface area contributed by atoms with Gasteiger partial charge in [-0.15, -0.1) is 0 Å². The maximum atomic E-state index is 2.42. The fraction of sp³-hybridized carbons (Fsp3) is 0.556. The summed E-state index contributed by atoms with van der Waals surface area (Å²) in [5, 5.41) is 0. The van der Waals surface area contributed by atoms with E-state index in [0.717, 1.165) is 0 Å². The van der Waals surface area contributed by atoms with Crippen LogP contribution in [-0.2, 0) is 13.0 Å². The summed E-state index contributed by atoms with van der Waals surface area (Å²) in [5.41, 5.74) is 3.07. The third-order valence-corrected chi connectivity index (χ3v) is 3.56. The second kappa shape index (κ2) is 2.81. The van der Waals surface area contributed by atoms with E-state index in [4.69, 9.17) is 0 Å². The van der Waals surface area contributed by atoms with E-state index in [1.165, 1.54) is 34.9 Å². The largest absolute Gasteiger partial charge is 0.350 e. The van der Waals surface area contributed by atoms with Crippen LogP contribution < -0.4 is 0 Å². The number of rotatable bonds is 0. The van der Waals surface area contributed by atoms with Gasteiger partial charge >= 0.3 is 0 Å². The highest BCUT2D eigenvalue weighted by molar-refractivity contribution is 14.1. The van der Waals surface area contributed by atoms with Gasteiger partial charge in [-0.05, 0) is 54.3 Å². The molecule has 0 aliphatic carbocycles. The van der Waals surface area contributed by atoms with Gasteiger partial charge in [0.25, 0.3) is 0 Å². The number of halogens is 1. The highest BCUT2D eigenvalue weighted by atomic mass is 127. The zero-order valence-electron chi connectivity index (χ0n) is 6.73. The third kappa shape index (κ3) is 1.21. The van der Waals surface area contributed by atoms with Gasteiger partial charge in [0.05, 0.1) is 0 Å². The van der Waals surface area contributed by atoms with Gasteiger partial charge in [-0.1, -0.05) is 0 Å². The van der Waals surface area contributed by atoms with Gasteiger partial charge in [-0.3, -0.25) is 0 Å². The van der Waals surface area contributed by atoms with Crippen molar-refractivity contribution in [1.82, 2.24) is 4.57 Å². The van der Waals surface area contributed by atoms with Crippen molar-refractivity contribution < 1.29 is 0 Å². The summed E-state index contributed by atoms with van der Waals surface area (Å²) in [5.74, 6) is 0. The monoisotopic (exact) mass is 261 g/mol. The highest BCUT2D eigenvalue weighted by Crippen LogP contribution is 2.23. The first-order valence-electron chi connectivity index (χ1n) is 4.13. The molecule has 1 aromatic rings. The molecule has 0 bridgehead atoms. The van der Waals surface area contributed by atoms with E-state index in [0.29, 0.717) is 0 Å². The van der Waals surface area contributed by atoms with Crippen LogP contribution in [0.1, 0.15) is 24.1 Å².